The molecule has 3 aliphatic rings. The molecular formula is C27H26F7NO6S2. The van der Waals surface area contributed by atoms with Crippen LogP contribution < -0.4 is 4.74 Å². The van der Waals surface area contributed by atoms with Crippen LogP contribution >= 0.6 is 0 Å². The van der Waals surface area contributed by atoms with Gasteiger partial charge in [-0.2, -0.15) is 26.3 Å². The third-order valence-corrected chi connectivity index (χ3v) is 12.9. The molecule has 2 aromatic carbocycles. The second-order valence-electron chi connectivity index (χ2n) is 11.0. The molecule has 2 atom stereocenters. The molecule has 3 heterocycles. The van der Waals surface area contributed by atoms with Crippen LogP contribution in [0.4, 0.5) is 30.7 Å². The topological polar surface area (TPSA) is 97.8 Å². The first-order valence-electron chi connectivity index (χ1n) is 13.2. The number of fused-ring (bicyclic) bond motifs is 3. The predicted octanol–water partition coefficient (Wildman–Crippen LogP) is 4.85. The summed E-state index contributed by atoms with van der Waals surface area (Å²) in [6, 6.07) is 6.90. The smallest absolute Gasteiger partial charge is 0.435 e. The number of benzene rings is 2. The minimum absolute atomic E-state index is 0.0825. The molecule has 2 saturated heterocycles. The van der Waals surface area contributed by atoms with Crippen molar-refractivity contribution < 1.29 is 57.1 Å². The maximum absolute atomic E-state index is 14.9. The minimum Gasteiger partial charge on any atom is -0.491 e. The second-order valence-corrected chi connectivity index (χ2v) is 15.5. The van der Waals surface area contributed by atoms with E-state index in [-0.39, 0.29) is 72.2 Å². The third kappa shape index (κ3) is 4.97. The normalized spacial score (nSPS) is 24.6. The maximum Gasteiger partial charge on any atom is 0.435 e. The fourth-order valence-corrected chi connectivity index (χ4v) is 10.2. The molecule has 0 aromatic heterocycles. The first-order chi connectivity index (χ1) is 19.8. The zero-order valence-electron chi connectivity index (χ0n) is 22.3. The molecule has 43 heavy (non-hydrogen) atoms. The summed E-state index contributed by atoms with van der Waals surface area (Å²) in [6.45, 7) is -0.742. The number of carbonyl (C=O) groups is 1. The zero-order chi connectivity index (χ0) is 31.6. The third-order valence-electron chi connectivity index (χ3n) is 8.64. The molecule has 2 fully saturated rings. The largest absolute Gasteiger partial charge is 0.491 e. The summed E-state index contributed by atoms with van der Waals surface area (Å²) in [5.74, 6) is -1.62. The summed E-state index contributed by atoms with van der Waals surface area (Å²) >= 11 is 0. The van der Waals surface area contributed by atoms with Gasteiger partial charge in [-0.3, -0.25) is 4.79 Å². The van der Waals surface area contributed by atoms with Crippen LogP contribution in [-0.4, -0.2) is 70.7 Å². The molecule has 0 aliphatic carbocycles. The molecule has 0 N–H and O–H groups in total. The lowest BCUT2D eigenvalue weighted by molar-refractivity contribution is -0.348. The number of sulfone groups is 2. The molecule has 7 nitrogen and oxygen atoms in total. The Morgan fingerprint density at radius 2 is 1.56 bits per heavy atom. The molecule has 0 saturated carbocycles. The number of amides is 1. The Morgan fingerprint density at radius 1 is 0.953 bits per heavy atom. The molecule has 3 aliphatic heterocycles. The Balaban J connectivity index is 1.59. The van der Waals surface area contributed by atoms with Gasteiger partial charge in [0.2, 0.25) is 5.91 Å². The molecule has 0 spiro atoms. The number of carbonyl (C=O) groups excluding carboxylic acids is 1. The molecule has 2 aromatic rings. The van der Waals surface area contributed by atoms with Crippen molar-refractivity contribution in [2.24, 2.45) is 5.92 Å². The molecule has 236 valence electrons. The molecule has 1 amide bonds. The van der Waals surface area contributed by atoms with Gasteiger partial charge in [0.05, 0.1) is 22.4 Å². The highest BCUT2D eigenvalue weighted by atomic mass is 32.2. The van der Waals surface area contributed by atoms with E-state index in [0.717, 1.165) is 0 Å². The molecule has 2 unspecified atom stereocenters. The van der Waals surface area contributed by atoms with Crippen molar-refractivity contribution in [3.8, 4) is 5.75 Å². The summed E-state index contributed by atoms with van der Waals surface area (Å²) in [5, 5.41) is 0. The van der Waals surface area contributed by atoms with Crippen LogP contribution in [0.2, 0.25) is 0 Å². The van der Waals surface area contributed by atoms with Crippen LogP contribution in [0.25, 0.3) is 0 Å². The van der Waals surface area contributed by atoms with Crippen molar-refractivity contribution in [2.45, 2.75) is 59.4 Å². The number of alkyl halides is 7. The fourth-order valence-electron chi connectivity index (χ4n) is 6.34. The quantitative estimate of drug-likeness (QED) is 0.427. The number of nitrogens with zero attached hydrogens (tertiary/aromatic N) is 1. The van der Waals surface area contributed by atoms with Gasteiger partial charge in [0.25, 0.3) is 0 Å². The first-order valence-corrected chi connectivity index (χ1v) is 16.6. The van der Waals surface area contributed by atoms with E-state index in [1.54, 1.807) is 6.07 Å². The fraction of sp³-hybridized carbons (Fsp3) is 0.519. The number of rotatable bonds is 5. The Bertz CT molecular complexity index is 1600. The molecule has 0 radical (unpaired) electrons. The van der Waals surface area contributed by atoms with E-state index < -0.39 is 72.3 Å². The predicted molar refractivity (Wildman–Crippen MR) is 138 cm³/mol. The van der Waals surface area contributed by atoms with Crippen molar-refractivity contribution in [1.82, 2.24) is 4.90 Å². The van der Waals surface area contributed by atoms with Crippen LogP contribution in [0.15, 0.2) is 53.4 Å². The summed E-state index contributed by atoms with van der Waals surface area (Å²) in [7, 11) is -7.69. The molecule has 16 heteroatoms. The van der Waals surface area contributed by atoms with Gasteiger partial charge in [-0.1, -0.05) is 30.3 Å². The highest BCUT2D eigenvalue weighted by molar-refractivity contribution is 7.92. The van der Waals surface area contributed by atoms with Crippen LogP contribution in [0.1, 0.15) is 36.8 Å². The highest BCUT2D eigenvalue weighted by Crippen LogP contribution is 2.57. The van der Waals surface area contributed by atoms with E-state index in [1.165, 1.54) is 29.2 Å². The number of halogens is 7. The van der Waals surface area contributed by atoms with Crippen molar-refractivity contribution in [3.63, 3.8) is 0 Å². The minimum atomic E-state index is -6.39. The molecule has 0 bridgehead atoms. The van der Waals surface area contributed by atoms with E-state index in [9.17, 15) is 52.4 Å². The average Bonchev–Trinajstić information content (AvgIpc) is 3.34. The number of hydrogen-bond donors (Lipinski definition) is 0. The lowest BCUT2D eigenvalue weighted by atomic mass is 9.85. The van der Waals surface area contributed by atoms with Crippen molar-refractivity contribution in [2.75, 3.05) is 24.7 Å². The second kappa shape index (κ2) is 10.3. The van der Waals surface area contributed by atoms with Crippen LogP contribution in [-0.2, 0) is 34.9 Å². The number of ether oxygens (including phenoxy) is 1. The molecular weight excluding hydrogens is 631 g/mol. The first kappa shape index (κ1) is 31.5. The summed E-state index contributed by atoms with van der Waals surface area (Å²) in [5.41, 5.74) is -7.87. The Morgan fingerprint density at radius 3 is 2.14 bits per heavy atom. The Labute approximate surface area is 242 Å². The van der Waals surface area contributed by atoms with Crippen molar-refractivity contribution in [3.05, 3.63) is 59.7 Å². The zero-order valence-corrected chi connectivity index (χ0v) is 23.9. The van der Waals surface area contributed by atoms with Gasteiger partial charge in [0, 0.05) is 24.1 Å². The lowest BCUT2D eigenvalue weighted by Crippen LogP contribution is -2.55. The average molecular weight is 658 g/mol. The lowest BCUT2D eigenvalue weighted by Gasteiger charge is -2.42. The van der Waals surface area contributed by atoms with Crippen molar-refractivity contribution in [1.29, 1.82) is 0 Å². The van der Waals surface area contributed by atoms with Gasteiger partial charge in [-0.05, 0) is 43.4 Å². The summed E-state index contributed by atoms with van der Waals surface area (Å²) in [6.07, 6.45) is -12.6. The standard InChI is InChI=1S/C27H26F7NO6S2/c28-25(26(29,30)31,27(32,33)34)18-6-7-20-21(15-18)41-16-22-24(20,43(39,40)19-4-2-1-3-5-19)10-11-35(22)23(36)14-17-8-12-42(37,38)13-9-17/h1-7,15,17,22H,8-14,16H2. The van der Waals surface area contributed by atoms with E-state index in [0.29, 0.717) is 6.07 Å². The van der Waals surface area contributed by atoms with Gasteiger partial charge >= 0.3 is 18.0 Å². The van der Waals surface area contributed by atoms with Crippen LogP contribution in [0.5, 0.6) is 5.75 Å². The van der Waals surface area contributed by atoms with Gasteiger partial charge < -0.3 is 9.64 Å². The summed E-state index contributed by atoms with van der Waals surface area (Å²) < 4.78 is 151. The number of hydrogen-bond acceptors (Lipinski definition) is 6. The maximum atomic E-state index is 14.9. The van der Waals surface area contributed by atoms with E-state index in [1.807, 2.05) is 0 Å². The summed E-state index contributed by atoms with van der Waals surface area (Å²) in [4.78, 5) is 14.5. The van der Waals surface area contributed by atoms with Gasteiger partial charge in [0.15, 0.2) is 9.84 Å². The molecule has 5 rings (SSSR count). The number of likely N-dealkylation sites (tertiary alicyclic amines) is 1. The Hall–Kier alpha value is -2.88. The Kier molecular flexibility index (Phi) is 7.59. The van der Waals surface area contributed by atoms with E-state index >= 15 is 0 Å². The van der Waals surface area contributed by atoms with Crippen molar-refractivity contribution >= 4 is 25.6 Å². The van der Waals surface area contributed by atoms with E-state index in [2.05, 4.69) is 0 Å². The van der Waals surface area contributed by atoms with Gasteiger partial charge in [-0.25, -0.2) is 21.2 Å². The van der Waals surface area contributed by atoms with Gasteiger partial charge in [-0.15, -0.1) is 0 Å². The SMILES string of the molecule is O=C(CC1CCS(=O)(=O)CC1)N1CCC2(S(=O)(=O)c3ccccc3)c3ccc(C(F)(C(F)(F)F)C(F)(F)F)cc3OCC12. The van der Waals surface area contributed by atoms with E-state index in [4.69, 9.17) is 4.74 Å². The van der Waals surface area contributed by atoms with Crippen LogP contribution in [0, 0.1) is 5.92 Å². The monoisotopic (exact) mass is 657 g/mol. The van der Waals surface area contributed by atoms with Gasteiger partial charge in [0.1, 0.15) is 26.9 Å². The van der Waals surface area contributed by atoms with Crippen LogP contribution in [0.3, 0.4) is 0 Å². The highest BCUT2D eigenvalue weighted by Gasteiger charge is 2.74.